The molecule has 1 aromatic heterocycles. The van der Waals surface area contributed by atoms with E-state index in [1.807, 2.05) is 13.0 Å². The second kappa shape index (κ2) is 12.3. The minimum atomic E-state index is -0.588. The van der Waals surface area contributed by atoms with Gasteiger partial charge in [-0.2, -0.15) is 4.98 Å². The van der Waals surface area contributed by atoms with Gasteiger partial charge in [-0.25, -0.2) is 9.48 Å². The number of morpholine rings is 1. The summed E-state index contributed by atoms with van der Waals surface area (Å²) in [4.78, 5) is 31.7. The Morgan fingerprint density at radius 2 is 2.00 bits per heavy atom. The molecule has 2 aliphatic heterocycles. The van der Waals surface area contributed by atoms with Gasteiger partial charge >= 0.3 is 5.97 Å². The fourth-order valence-electron chi connectivity index (χ4n) is 4.20. The van der Waals surface area contributed by atoms with Crippen molar-refractivity contribution in [2.75, 3.05) is 58.2 Å². The summed E-state index contributed by atoms with van der Waals surface area (Å²) in [5, 5.41) is 8.52. The van der Waals surface area contributed by atoms with E-state index in [1.54, 1.807) is 33.5 Å². The van der Waals surface area contributed by atoms with E-state index in [-0.39, 0.29) is 12.5 Å². The number of hydrogen-bond acceptors (Lipinski definition) is 10. The third kappa shape index (κ3) is 6.02. The first kappa shape index (κ1) is 26.8. The molecule has 4 rings (SSSR count). The highest BCUT2D eigenvalue weighted by molar-refractivity contribution is 7.99. The van der Waals surface area contributed by atoms with Crippen molar-refractivity contribution < 1.29 is 28.5 Å². The van der Waals surface area contributed by atoms with Gasteiger partial charge in [0.05, 0.1) is 33.0 Å². The summed E-state index contributed by atoms with van der Waals surface area (Å²) in [6.07, 6.45) is 2.14. The molecule has 0 bridgehead atoms. The Balaban J connectivity index is 1.62. The number of nitrogens with one attached hydrogen (secondary N) is 1. The number of benzene rings is 1. The highest BCUT2D eigenvalue weighted by Crippen LogP contribution is 2.39. The van der Waals surface area contributed by atoms with Gasteiger partial charge in [-0.1, -0.05) is 31.2 Å². The summed E-state index contributed by atoms with van der Waals surface area (Å²) in [5.74, 6) is 1.74. The average molecular weight is 532 g/mol. The van der Waals surface area contributed by atoms with Crippen LogP contribution in [-0.2, 0) is 19.1 Å². The van der Waals surface area contributed by atoms with E-state index in [1.165, 1.54) is 14.2 Å². The maximum absolute atomic E-state index is 12.8. The number of carbonyl (C=O) groups excluding carboxylic acids is 2. The lowest BCUT2D eigenvalue weighted by Crippen LogP contribution is -2.43. The third-order valence-electron chi connectivity index (χ3n) is 6.19. The van der Waals surface area contributed by atoms with Gasteiger partial charge < -0.3 is 29.2 Å². The molecule has 1 amide bonds. The number of allylic oxidation sites excluding steroid dienone is 1. The molecule has 1 fully saturated rings. The number of rotatable bonds is 10. The lowest BCUT2D eigenvalue weighted by atomic mass is 9.95. The highest BCUT2D eigenvalue weighted by atomic mass is 32.2. The van der Waals surface area contributed by atoms with Crippen LogP contribution in [0.5, 0.6) is 11.5 Å². The zero-order chi connectivity index (χ0) is 26.4. The summed E-state index contributed by atoms with van der Waals surface area (Å²) in [7, 11) is 2.88. The van der Waals surface area contributed by atoms with E-state index < -0.39 is 12.0 Å². The summed E-state index contributed by atoms with van der Waals surface area (Å²) >= 11 is 1.58. The highest BCUT2D eigenvalue weighted by Gasteiger charge is 2.35. The first-order valence-electron chi connectivity index (χ1n) is 12.3. The second-order valence-corrected chi connectivity index (χ2v) is 9.68. The van der Waals surface area contributed by atoms with Crippen molar-refractivity contribution in [2.24, 2.45) is 0 Å². The standard InChI is InChI=1S/C25H33N5O6S/c1-5-6-13-37-25-27-24-26-16(2)21(23(32)34-4)22(30(24)28-25)17-7-8-18(19(14-17)33-3)36-15-20(31)29-9-11-35-12-10-29/h7-8,14,22H,5-6,9-13,15H2,1-4H3,(H,26,27,28). The first-order valence-corrected chi connectivity index (χ1v) is 13.3. The molecule has 3 heterocycles. The number of thioether (sulfide) groups is 1. The molecule has 2 aliphatic rings. The predicted molar refractivity (Wildman–Crippen MR) is 138 cm³/mol. The molecule has 12 heteroatoms. The third-order valence-corrected chi connectivity index (χ3v) is 7.11. The fourth-order valence-corrected chi connectivity index (χ4v) is 5.11. The summed E-state index contributed by atoms with van der Waals surface area (Å²) in [5.41, 5.74) is 1.79. The molecule has 1 atom stereocenters. The topological polar surface area (TPSA) is 117 Å². The molecule has 1 unspecified atom stereocenters. The molecular formula is C25H33N5O6S. The summed E-state index contributed by atoms with van der Waals surface area (Å²) in [6.45, 7) is 5.99. The second-order valence-electron chi connectivity index (χ2n) is 8.61. The van der Waals surface area contributed by atoms with Gasteiger partial charge in [-0.15, -0.1) is 5.10 Å². The quantitative estimate of drug-likeness (QED) is 0.279. The Kier molecular flexibility index (Phi) is 8.93. The van der Waals surface area contributed by atoms with Crippen molar-refractivity contribution in [1.29, 1.82) is 0 Å². The minimum absolute atomic E-state index is 0.110. The zero-order valence-corrected chi connectivity index (χ0v) is 22.4. The number of unbranched alkanes of at least 4 members (excludes halogenated alkanes) is 1. The first-order chi connectivity index (χ1) is 18.0. The summed E-state index contributed by atoms with van der Waals surface area (Å²) < 4.78 is 23.5. The minimum Gasteiger partial charge on any atom is -0.493 e. The Hall–Kier alpha value is -3.25. The maximum atomic E-state index is 12.8. The number of ether oxygens (including phenoxy) is 4. The maximum Gasteiger partial charge on any atom is 0.338 e. The van der Waals surface area contributed by atoms with Crippen LogP contribution in [0.25, 0.3) is 0 Å². The van der Waals surface area contributed by atoms with Gasteiger partial charge in [0.1, 0.15) is 6.04 Å². The van der Waals surface area contributed by atoms with E-state index in [4.69, 9.17) is 24.0 Å². The molecule has 37 heavy (non-hydrogen) atoms. The molecule has 0 radical (unpaired) electrons. The molecule has 0 spiro atoms. The molecule has 11 nitrogen and oxygen atoms in total. The molecule has 0 saturated carbocycles. The molecule has 2 aromatic rings. The van der Waals surface area contributed by atoms with Gasteiger partial charge in [0, 0.05) is 24.5 Å². The van der Waals surface area contributed by atoms with Crippen molar-refractivity contribution in [1.82, 2.24) is 19.7 Å². The molecule has 1 aromatic carbocycles. The van der Waals surface area contributed by atoms with Crippen molar-refractivity contribution >= 4 is 29.6 Å². The van der Waals surface area contributed by atoms with E-state index >= 15 is 0 Å². The molecule has 1 saturated heterocycles. The van der Waals surface area contributed by atoms with Gasteiger partial charge in [0.25, 0.3) is 5.91 Å². The van der Waals surface area contributed by atoms with E-state index in [0.717, 1.165) is 24.2 Å². The Bertz CT molecular complexity index is 1160. The van der Waals surface area contributed by atoms with Crippen LogP contribution in [0.15, 0.2) is 34.6 Å². The largest absolute Gasteiger partial charge is 0.493 e. The van der Waals surface area contributed by atoms with Gasteiger partial charge in [-0.3, -0.25) is 4.79 Å². The number of nitrogens with zero attached hydrogens (tertiary/aromatic N) is 4. The van der Waals surface area contributed by atoms with Crippen LogP contribution < -0.4 is 14.8 Å². The normalized spacial score (nSPS) is 17.2. The molecule has 1 N–H and O–H groups in total. The van der Waals surface area contributed by atoms with Crippen molar-refractivity contribution in [3.8, 4) is 11.5 Å². The van der Waals surface area contributed by atoms with Crippen LogP contribution in [0.1, 0.15) is 38.3 Å². The van der Waals surface area contributed by atoms with E-state index in [2.05, 4.69) is 17.2 Å². The lowest BCUT2D eigenvalue weighted by molar-refractivity contribution is -0.137. The van der Waals surface area contributed by atoms with E-state index in [9.17, 15) is 9.59 Å². The predicted octanol–water partition coefficient (Wildman–Crippen LogP) is 2.88. The number of fused-ring (bicyclic) bond motifs is 1. The Morgan fingerprint density at radius 3 is 2.70 bits per heavy atom. The van der Waals surface area contributed by atoms with Crippen molar-refractivity contribution in [3.63, 3.8) is 0 Å². The monoisotopic (exact) mass is 531 g/mol. The van der Waals surface area contributed by atoms with Crippen LogP contribution in [0.2, 0.25) is 0 Å². The Morgan fingerprint density at radius 1 is 1.22 bits per heavy atom. The van der Waals surface area contributed by atoms with Crippen LogP contribution in [-0.4, -0.2) is 84.4 Å². The van der Waals surface area contributed by atoms with Crippen LogP contribution in [0.4, 0.5) is 5.95 Å². The number of anilines is 1. The number of amides is 1. The van der Waals surface area contributed by atoms with Crippen LogP contribution in [0.3, 0.4) is 0 Å². The van der Waals surface area contributed by atoms with Crippen molar-refractivity contribution in [2.45, 2.75) is 37.9 Å². The number of esters is 1. The van der Waals surface area contributed by atoms with Crippen molar-refractivity contribution in [3.05, 3.63) is 35.0 Å². The zero-order valence-electron chi connectivity index (χ0n) is 21.6. The molecule has 0 aliphatic carbocycles. The van der Waals surface area contributed by atoms with Crippen LogP contribution >= 0.6 is 11.8 Å². The van der Waals surface area contributed by atoms with E-state index in [0.29, 0.717) is 60.2 Å². The fraction of sp³-hybridized carbons (Fsp3) is 0.520. The Labute approximate surface area is 220 Å². The lowest BCUT2D eigenvalue weighted by Gasteiger charge is -2.28. The molecule has 200 valence electrons. The number of hydrogen-bond donors (Lipinski definition) is 1. The van der Waals surface area contributed by atoms with Gasteiger partial charge in [0.2, 0.25) is 11.1 Å². The average Bonchev–Trinajstić information content (AvgIpc) is 3.33. The number of aromatic nitrogens is 3. The van der Waals surface area contributed by atoms with Crippen LogP contribution in [0, 0.1) is 0 Å². The van der Waals surface area contributed by atoms with Gasteiger partial charge in [0.15, 0.2) is 18.1 Å². The van der Waals surface area contributed by atoms with Gasteiger partial charge in [-0.05, 0) is 31.0 Å². The smallest absolute Gasteiger partial charge is 0.338 e. The number of carbonyl (C=O) groups is 2. The molecular weight excluding hydrogens is 498 g/mol. The number of methoxy groups -OCH3 is 2. The SMILES string of the molecule is CCCCSc1nc2n(n1)C(c1ccc(OCC(=O)N3CCOCC3)c(OC)c1)C(C(=O)OC)=C(C)N2. The summed E-state index contributed by atoms with van der Waals surface area (Å²) in [6, 6.07) is 4.77.